The number of rotatable bonds is 3. The number of benzene rings is 2. The molecular weight excluding hydrogens is 326 g/mol. The number of nitrogens with zero attached hydrogens (tertiary/aromatic N) is 1. The summed E-state index contributed by atoms with van der Waals surface area (Å²) >= 11 is 3.52. The van der Waals surface area contributed by atoms with Gasteiger partial charge in [0.05, 0.1) is 11.6 Å². The molecule has 2 nitrogen and oxygen atoms in total. The second-order valence-electron chi connectivity index (χ2n) is 5.44. The Labute approximate surface area is 134 Å². The largest absolute Gasteiger partial charge is 0.335 e. The Bertz CT molecular complexity index is 649. The first-order valence-electron chi connectivity index (χ1n) is 7.00. The van der Waals surface area contributed by atoms with Crippen LogP contribution in [0.2, 0.25) is 0 Å². The van der Waals surface area contributed by atoms with Crippen molar-refractivity contribution >= 4 is 21.8 Å². The zero-order chi connectivity index (χ0) is 15.6. The molecule has 2 aromatic rings. The lowest BCUT2D eigenvalue weighted by Gasteiger charge is -2.26. The molecule has 0 aliphatic carbocycles. The van der Waals surface area contributed by atoms with Crippen LogP contribution in [0.5, 0.6) is 0 Å². The predicted molar refractivity (Wildman–Crippen MR) is 90.6 cm³/mol. The van der Waals surface area contributed by atoms with Crippen LogP contribution in [-0.4, -0.2) is 17.9 Å². The van der Waals surface area contributed by atoms with Crippen molar-refractivity contribution in [2.75, 3.05) is 7.05 Å². The number of hydrogen-bond donors (Lipinski definition) is 0. The van der Waals surface area contributed by atoms with E-state index in [1.165, 1.54) is 5.56 Å². The topological polar surface area (TPSA) is 20.3 Å². The number of carbonyl (C=O) groups excluding carboxylic acids is 1. The smallest absolute Gasteiger partial charge is 0.255 e. The predicted octanol–water partition coefficient (Wildman–Crippen LogP) is 4.90. The van der Waals surface area contributed by atoms with Crippen molar-refractivity contribution in [2.45, 2.75) is 26.8 Å². The molecule has 2 rings (SSSR count). The van der Waals surface area contributed by atoms with Crippen LogP contribution in [0.3, 0.4) is 0 Å². The van der Waals surface area contributed by atoms with Gasteiger partial charge >= 0.3 is 0 Å². The lowest BCUT2D eigenvalue weighted by molar-refractivity contribution is 0.0741. The van der Waals surface area contributed by atoms with Gasteiger partial charge in [-0.15, -0.1) is 0 Å². The highest BCUT2D eigenvalue weighted by Crippen LogP contribution is 2.26. The molecule has 1 unspecified atom stereocenters. The first-order chi connectivity index (χ1) is 9.91. The molecule has 0 aliphatic heterocycles. The summed E-state index contributed by atoms with van der Waals surface area (Å²) in [6.45, 7) is 6.10. The van der Waals surface area contributed by atoms with Gasteiger partial charge in [-0.1, -0.05) is 42.0 Å². The van der Waals surface area contributed by atoms with Crippen LogP contribution < -0.4 is 0 Å². The molecule has 0 fully saturated rings. The fourth-order valence-electron chi connectivity index (χ4n) is 2.25. The Balaban J connectivity index is 2.26. The summed E-state index contributed by atoms with van der Waals surface area (Å²) in [5, 5.41) is 0. The van der Waals surface area contributed by atoms with Gasteiger partial charge in [-0.3, -0.25) is 4.79 Å². The van der Waals surface area contributed by atoms with E-state index in [-0.39, 0.29) is 11.9 Å². The zero-order valence-corrected chi connectivity index (χ0v) is 14.4. The molecule has 0 aromatic heterocycles. The quantitative estimate of drug-likeness (QED) is 0.774. The molecule has 0 N–H and O–H groups in total. The zero-order valence-electron chi connectivity index (χ0n) is 12.9. The van der Waals surface area contributed by atoms with E-state index in [0.717, 1.165) is 15.6 Å². The summed E-state index contributed by atoms with van der Waals surface area (Å²) < 4.78 is 0.873. The lowest BCUT2D eigenvalue weighted by Crippen LogP contribution is -2.30. The molecule has 0 spiro atoms. The molecule has 1 amide bonds. The molecule has 0 radical (unpaired) electrons. The van der Waals surface area contributed by atoms with Crippen molar-refractivity contribution in [1.29, 1.82) is 0 Å². The minimum atomic E-state index is 0.0265. The van der Waals surface area contributed by atoms with E-state index in [4.69, 9.17) is 0 Å². The standard InChI is InChI=1S/C18H20BrNO/c1-12-8-10-15(11-9-12)14(3)20(4)18(21)16-7-5-6-13(2)17(16)19/h5-11,14H,1-4H3. The van der Waals surface area contributed by atoms with Gasteiger partial charge in [0.15, 0.2) is 0 Å². The Hall–Kier alpha value is -1.61. The van der Waals surface area contributed by atoms with Crippen molar-refractivity contribution in [3.05, 3.63) is 69.2 Å². The van der Waals surface area contributed by atoms with Crippen LogP contribution in [0.25, 0.3) is 0 Å². The molecule has 2 aromatic carbocycles. The summed E-state index contributed by atoms with van der Waals surface area (Å²) in [5.41, 5.74) is 4.13. The Kier molecular flexibility index (Phi) is 4.84. The van der Waals surface area contributed by atoms with Gasteiger partial charge in [0.1, 0.15) is 0 Å². The van der Waals surface area contributed by atoms with Crippen molar-refractivity contribution < 1.29 is 4.79 Å². The number of hydrogen-bond acceptors (Lipinski definition) is 1. The molecule has 110 valence electrons. The highest BCUT2D eigenvalue weighted by atomic mass is 79.9. The van der Waals surface area contributed by atoms with Crippen LogP contribution in [0.1, 0.15) is 40.0 Å². The van der Waals surface area contributed by atoms with E-state index in [1.807, 2.05) is 39.1 Å². The van der Waals surface area contributed by atoms with Crippen LogP contribution in [0.15, 0.2) is 46.9 Å². The summed E-state index contributed by atoms with van der Waals surface area (Å²) in [4.78, 5) is 14.5. The van der Waals surface area contributed by atoms with Crippen molar-refractivity contribution in [2.24, 2.45) is 0 Å². The van der Waals surface area contributed by atoms with Crippen molar-refractivity contribution in [3.63, 3.8) is 0 Å². The fourth-order valence-corrected chi connectivity index (χ4v) is 2.68. The lowest BCUT2D eigenvalue weighted by atomic mass is 10.0. The number of carbonyl (C=O) groups is 1. The van der Waals surface area contributed by atoms with Gasteiger partial charge in [0.2, 0.25) is 0 Å². The van der Waals surface area contributed by atoms with Gasteiger partial charge in [-0.25, -0.2) is 0 Å². The molecule has 1 atom stereocenters. The summed E-state index contributed by atoms with van der Waals surface area (Å²) in [6, 6.07) is 14.1. The number of aryl methyl sites for hydroxylation is 2. The minimum absolute atomic E-state index is 0.0265. The summed E-state index contributed by atoms with van der Waals surface area (Å²) in [7, 11) is 1.85. The van der Waals surface area contributed by atoms with E-state index in [1.54, 1.807) is 4.90 Å². The average molecular weight is 346 g/mol. The maximum Gasteiger partial charge on any atom is 0.255 e. The molecule has 3 heteroatoms. The SMILES string of the molecule is Cc1ccc(C(C)N(C)C(=O)c2cccc(C)c2Br)cc1. The number of halogens is 1. The van der Waals surface area contributed by atoms with E-state index < -0.39 is 0 Å². The first kappa shape index (κ1) is 15.8. The molecular formula is C18H20BrNO. The third-order valence-electron chi connectivity index (χ3n) is 3.88. The molecule has 0 heterocycles. The second-order valence-corrected chi connectivity index (χ2v) is 6.23. The van der Waals surface area contributed by atoms with Crippen LogP contribution in [-0.2, 0) is 0 Å². The van der Waals surface area contributed by atoms with Crippen LogP contribution in [0, 0.1) is 13.8 Å². The van der Waals surface area contributed by atoms with Gasteiger partial charge in [-0.2, -0.15) is 0 Å². The number of amides is 1. The fraction of sp³-hybridized carbons (Fsp3) is 0.278. The van der Waals surface area contributed by atoms with Crippen LogP contribution >= 0.6 is 15.9 Å². The first-order valence-corrected chi connectivity index (χ1v) is 7.80. The molecule has 21 heavy (non-hydrogen) atoms. The highest BCUT2D eigenvalue weighted by Gasteiger charge is 2.21. The van der Waals surface area contributed by atoms with E-state index in [9.17, 15) is 4.79 Å². The van der Waals surface area contributed by atoms with Crippen LogP contribution in [0.4, 0.5) is 0 Å². The van der Waals surface area contributed by atoms with Crippen molar-refractivity contribution in [1.82, 2.24) is 4.90 Å². The van der Waals surface area contributed by atoms with Crippen molar-refractivity contribution in [3.8, 4) is 0 Å². The third kappa shape index (κ3) is 3.35. The van der Waals surface area contributed by atoms with Gasteiger partial charge < -0.3 is 4.90 Å². The minimum Gasteiger partial charge on any atom is -0.335 e. The Morgan fingerprint density at radius 3 is 2.33 bits per heavy atom. The van der Waals surface area contributed by atoms with Gasteiger partial charge in [-0.05, 0) is 53.9 Å². The summed E-state index contributed by atoms with van der Waals surface area (Å²) in [5.74, 6) is 0.0265. The van der Waals surface area contributed by atoms with Gasteiger partial charge in [0.25, 0.3) is 5.91 Å². The highest BCUT2D eigenvalue weighted by molar-refractivity contribution is 9.10. The van der Waals surface area contributed by atoms with Gasteiger partial charge in [0, 0.05) is 11.5 Å². The normalized spacial score (nSPS) is 12.0. The molecule has 0 aliphatic rings. The molecule has 0 bridgehead atoms. The Morgan fingerprint density at radius 2 is 1.71 bits per heavy atom. The third-order valence-corrected chi connectivity index (χ3v) is 4.94. The molecule has 0 saturated heterocycles. The van der Waals surface area contributed by atoms with E-state index in [0.29, 0.717) is 5.56 Å². The molecule has 0 saturated carbocycles. The monoisotopic (exact) mass is 345 g/mol. The maximum absolute atomic E-state index is 12.7. The average Bonchev–Trinajstić information content (AvgIpc) is 2.48. The Morgan fingerprint density at radius 1 is 1.10 bits per heavy atom. The van der Waals surface area contributed by atoms with E-state index >= 15 is 0 Å². The second kappa shape index (κ2) is 6.44. The maximum atomic E-state index is 12.7. The summed E-state index contributed by atoms with van der Waals surface area (Å²) in [6.07, 6.45) is 0. The van der Waals surface area contributed by atoms with E-state index in [2.05, 4.69) is 47.1 Å².